The number of carbonyl (C=O) groups excluding carboxylic acids is 2. The number of amides is 2. The van der Waals surface area contributed by atoms with Gasteiger partial charge in [0.25, 0.3) is 0 Å². The van der Waals surface area contributed by atoms with Crippen molar-refractivity contribution in [2.75, 3.05) is 25.6 Å². The van der Waals surface area contributed by atoms with Gasteiger partial charge < -0.3 is 14.8 Å². The highest BCUT2D eigenvalue weighted by Crippen LogP contribution is 1.94. The van der Waals surface area contributed by atoms with Crippen LogP contribution < -0.4 is 10.6 Å². The van der Waals surface area contributed by atoms with Gasteiger partial charge in [0, 0.05) is 12.4 Å². The maximum absolute atomic E-state index is 11.3. The summed E-state index contributed by atoms with van der Waals surface area (Å²) in [6.45, 7) is 4.32. The zero-order chi connectivity index (χ0) is 13.1. The number of carbonyl (C=O) groups is 2. The number of hydrogen-bond acceptors (Lipinski definition) is 4. The Hall–Kier alpha value is -1.43. The lowest BCUT2D eigenvalue weighted by Crippen LogP contribution is -2.37. The average molecular weight is 265 g/mol. The van der Waals surface area contributed by atoms with Crippen molar-refractivity contribution in [3.8, 4) is 0 Å². The first kappa shape index (κ1) is 15.6. The first-order valence-electron chi connectivity index (χ1n) is 5.26. The van der Waals surface area contributed by atoms with Crippen molar-refractivity contribution in [1.82, 2.24) is 10.6 Å². The highest BCUT2D eigenvalue weighted by molar-refractivity contribution is 6.18. The fourth-order valence-electron chi connectivity index (χ4n) is 0.877. The minimum absolute atomic E-state index is 0.0398. The van der Waals surface area contributed by atoms with Crippen molar-refractivity contribution < 1.29 is 19.1 Å². The summed E-state index contributed by atoms with van der Waals surface area (Å²) in [6, 6.07) is -0.491. The van der Waals surface area contributed by atoms with E-state index in [1.165, 1.54) is 0 Å². The Morgan fingerprint density at radius 2 is 1.88 bits per heavy atom. The van der Waals surface area contributed by atoms with Crippen molar-refractivity contribution in [1.29, 1.82) is 0 Å². The van der Waals surface area contributed by atoms with Gasteiger partial charge >= 0.3 is 12.0 Å². The monoisotopic (exact) mass is 264 g/mol. The zero-order valence-corrected chi connectivity index (χ0v) is 10.7. The maximum atomic E-state index is 11.3. The number of hydrogen-bond donors (Lipinski definition) is 2. The predicted molar refractivity (Wildman–Crippen MR) is 63.6 cm³/mol. The van der Waals surface area contributed by atoms with E-state index in [0.29, 0.717) is 19.0 Å². The summed E-state index contributed by atoms with van der Waals surface area (Å²) in [5.74, 6) is -0.231. The van der Waals surface area contributed by atoms with Crippen LogP contribution in [-0.2, 0) is 14.3 Å². The molecule has 0 aliphatic heterocycles. The molecule has 0 unspecified atom stereocenters. The standard InChI is InChI=1S/C10H17ClN2O4/c1-3-16-8(7-9(14)17-4-2)13-10(15)12-6-5-11/h7H,3-6H2,1-2H3,(H2,12,13,15). The molecular weight excluding hydrogens is 248 g/mol. The summed E-state index contributed by atoms with van der Waals surface area (Å²) in [4.78, 5) is 22.4. The second kappa shape index (κ2) is 9.77. The van der Waals surface area contributed by atoms with E-state index in [1.54, 1.807) is 13.8 Å². The van der Waals surface area contributed by atoms with Crippen LogP contribution in [0.25, 0.3) is 0 Å². The lowest BCUT2D eigenvalue weighted by atomic mass is 10.5. The number of esters is 1. The third-order valence-corrected chi connectivity index (χ3v) is 1.64. The van der Waals surface area contributed by atoms with Gasteiger partial charge in [0.05, 0.1) is 19.3 Å². The second-order valence-electron chi connectivity index (χ2n) is 2.76. The van der Waals surface area contributed by atoms with E-state index in [1.807, 2.05) is 0 Å². The van der Waals surface area contributed by atoms with E-state index in [0.717, 1.165) is 6.08 Å². The van der Waals surface area contributed by atoms with Gasteiger partial charge in [0.15, 0.2) is 0 Å². The Kier molecular flexibility index (Phi) is 8.95. The lowest BCUT2D eigenvalue weighted by molar-refractivity contribution is -0.137. The van der Waals surface area contributed by atoms with Gasteiger partial charge in [-0.1, -0.05) is 0 Å². The van der Waals surface area contributed by atoms with Crippen molar-refractivity contribution in [2.45, 2.75) is 13.8 Å². The molecular formula is C10H17ClN2O4. The summed E-state index contributed by atoms with van der Waals surface area (Å²) in [5, 5.41) is 4.84. The van der Waals surface area contributed by atoms with Crippen molar-refractivity contribution in [2.24, 2.45) is 0 Å². The summed E-state index contributed by atoms with van der Waals surface area (Å²) in [6.07, 6.45) is 1.08. The first-order valence-corrected chi connectivity index (χ1v) is 5.79. The molecule has 2 N–H and O–H groups in total. The topological polar surface area (TPSA) is 76.7 Å². The molecule has 0 radical (unpaired) electrons. The minimum Gasteiger partial charge on any atom is -0.479 e. The number of urea groups is 1. The molecule has 0 saturated heterocycles. The van der Waals surface area contributed by atoms with Crippen LogP contribution in [0.5, 0.6) is 0 Å². The number of halogens is 1. The molecule has 0 aromatic rings. The number of alkyl halides is 1. The van der Waals surface area contributed by atoms with Crippen molar-refractivity contribution in [3.05, 3.63) is 12.0 Å². The van der Waals surface area contributed by atoms with E-state index in [-0.39, 0.29) is 12.5 Å². The summed E-state index contributed by atoms with van der Waals surface area (Å²) in [7, 11) is 0. The van der Waals surface area contributed by atoms with Crippen LogP contribution in [0.15, 0.2) is 12.0 Å². The molecule has 0 rings (SSSR count). The molecule has 17 heavy (non-hydrogen) atoms. The predicted octanol–water partition coefficient (Wildman–Crippen LogP) is 0.965. The highest BCUT2D eigenvalue weighted by Gasteiger charge is 2.07. The normalized spacial score (nSPS) is 10.6. The largest absolute Gasteiger partial charge is 0.479 e. The quantitative estimate of drug-likeness (QED) is 0.311. The van der Waals surface area contributed by atoms with Crippen molar-refractivity contribution >= 4 is 23.6 Å². The van der Waals surface area contributed by atoms with Gasteiger partial charge in [-0.05, 0) is 13.8 Å². The SMILES string of the molecule is CCOC(=O)C=C(NC(=O)NCCCl)OCC. The third kappa shape index (κ3) is 8.38. The zero-order valence-electron chi connectivity index (χ0n) is 9.92. The van der Waals surface area contributed by atoms with Gasteiger partial charge in [-0.25, -0.2) is 9.59 Å². The van der Waals surface area contributed by atoms with E-state index >= 15 is 0 Å². The van der Waals surface area contributed by atoms with Crippen LogP contribution in [0, 0.1) is 0 Å². The highest BCUT2D eigenvalue weighted by atomic mass is 35.5. The van der Waals surface area contributed by atoms with Crippen LogP contribution in [0.3, 0.4) is 0 Å². The van der Waals surface area contributed by atoms with Gasteiger partial charge in [-0.2, -0.15) is 0 Å². The molecule has 6 nitrogen and oxygen atoms in total. The molecule has 0 bridgehead atoms. The average Bonchev–Trinajstić information content (AvgIpc) is 2.27. The molecule has 0 aromatic carbocycles. The lowest BCUT2D eigenvalue weighted by Gasteiger charge is -2.10. The van der Waals surface area contributed by atoms with Crippen LogP contribution in [0.2, 0.25) is 0 Å². The maximum Gasteiger partial charge on any atom is 0.336 e. The summed E-state index contributed by atoms with van der Waals surface area (Å²) in [5.41, 5.74) is 0. The fraction of sp³-hybridized carbons (Fsp3) is 0.600. The Morgan fingerprint density at radius 1 is 1.24 bits per heavy atom. The molecule has 2 amide bonds. The van der Waals surface area contributed by atoms with Gasteiger partial charge in [-0.3, -0.25) is 5.32 Å². The number of rotatable bonds is 7. The first-order chi connectivity index (χ1) is 8.13. The van der Waals surface area contributed by atoms with Gasteiger partial charge in [0.2, 0.25) is 5.88 Å². The molecule has 0 aliphatic rings. The molecule has 7 heteroatoms. The molecule has 0 fully saturated rings. The molecule has 0 atom stereocenters. The smallest absolute Gasteiger partial charge is 0.336 e. The van der Waals surface area contributed by atoms with Gasteiger partial charge in [-0.15, -0.1) is 11.6 Å². The minimum atomic E-state index is -0.575. The second-order valence-corrected chi connectivity index (χ2v) is 3.14. The van der Waals surface area contributed by atoms with E-state index < -0.39 is 12.0 Å². The van der Waals surface area contributed by atoms with E-state index in [4.69, 9.17) is 21.1 Å². The molecule has 0 heterocycles. The Bertz CT molecular complexity index is 281. The number of nitrogens with one attached hydrogen (secondary N) is 2. The summed E-state index contributed by atoms with van der Waals surface area (Å²) >= 11 is 5.41. The molecule has 0 spiro atoms. The van der Waals surface area contributed by atoms with Crippen molar-refractivity contribution in [3.63, 3.8) is 0 Å². The molecule has 0 saturated carbocycles. The number of ether oxygens (including phenoxy) is 2. The van der Waals surface area contributed by atoms with E-state index in [9.17, 15) is 9.59 Å². The Labute approximate surface area is 105 Å². The Balaban J connectivity index is 4.31. The van der Waals surface area contributed by atoms with E-state index in [2.05, 4.69) is 10.6 Å². The van der Waals surface area contributed by atoms with Gasteiger partial charge in [0.1, 0.15) is 0 Å². The van der Waals surface area contributed by atoms with Crippen LogP contribution in [0.4, 0.5) is 4.79 Å². The fourth-order valence-corrected chi connectivity index (χ4v) is 0.972. The molecule has 0 aliphatic carbocycles. The summed E-state index contributed by atoms with van der Waals surface area (Å²) < 4.78 is 9.76. The molecule has 98 valence electrons. The van der Waals surface area contributed by atoms with Crippen LogP contribution in [0.1, 0.15) is 13.8 Å². The van der Waals surface area contributed by atoms with Crippen LogP contribution in [-0.4, -0.2) is 37.6 Å². The molecule has 0 aromatic heterocycles. The third-order valence-electron chi connectivity index (χ3n) is 1.45. The Morgan fingerprint density at radius 3 is 2.41 bits per heavy atom. The van der Waals surface area contributed by atoms with Crippen LogP contribution >= 0.6 is 11.6 Å².